The number of carbonyl (C=O) groups is 2. The summed E-state index contributed by atoms with van der Waals surface area (Å²) in [5, 5.41) is 4.29. The van der Waals surface area contributed by atoms with Crippen molar-refractivity contribution >= 4 is 45.0 Å². The predicted molar refractivity (Wildman–Crippen MR) is 119 cm³/mol. The monoisotopic (exact) mass is 404 g/mol. The predicted octanol–water partition coefficient (Wildman–Crippen LogP) is 4.94. The van der Waals surface area contributed by atoms with Crippen LogP contribution in [-0.4, -0.2) is 26.5 Å². The fraction of sp³-hybridized carbons (Fsp3) is 0.0400. The van der Waals surface area contributed by atoms with E-state index in [2.05, 4.69) is 26.3 Å². The van der Waals surface area contributed by atoms with Crippen LogP contribution in [0.4, 0.5) is 11.5 Å². The van der Waals surface area contributed by atoms with Gasteiger partial charge in [0.15, 0.2) is 17.4 Å². The molecule has 3 aromatic carbocycles. The lowest BCUT2D eigenvalue weighted by molar-refractivity contribution is 0.0979. The molecule has 0 amide bonds. The van der Waals surface area contributed by atoms with Crippen LogP contribution < -0.4 is 5.32 Å². The summed E-state index contributed by atoms with van der Waals surface area (Å²) in [6, 6.07) is 18.3. The molecule has 148 valence electrons. The van der Waals surface area contributed by atoms with Crippen LogP contribution in [0.5, 0.6) is 0 Å². The number of aryl methyl sites for hydroxylation is 1. The lowest BCUT2D eigenvalue weighted by Gasteiger charge is -2.20. The number of carbonyl (C=O) groups excluding carboxylic acids is 2. The number of aromatic amines is 1. The topological polar surface area (TPSA) is 87.7 Å². The van der Waals surface area contributed by atoms with Crippen LogP contribution in [0.25, 0.3) is 21.9 Å². The molecule has 6 nitrogen and oxygen atoms in total. The van der Waals surface area contributed by atoms with Crippen molar-refractivity contribution in [2.75, 3.05) is 5.32 Å². The third kappa shape index (κ3) is 2.51. The summed E-state index contributed by atoms with van der Waals surface area (Å²) in [5.41, 5.74) is 5.80. The van der Waals surface area contributed by atoms with Crippen molar-refractivity contribution in [2.45, 2.75) is 6.92 Å². The van der Waals surface area contributed by atoms with Gasteiger partial charge in [0.25, 0.3) is 0 Å². The molecule has 6 rings (SSSR count). The average Bonchev–Trinajstić information content (AvgIpc) is 3.16. The second kappa shape index (κ2) is 6.34. The average molecular weight is 404 g/mol. The minimum absolute atomic E-state index is 0.150. The first kappa shape index (κ1) is 17.5. The highest BCUT2D eigenvalue weighted by Crippen LogP contribution is 2.35. The second-order valence-corrected chi connectivity index (χ2v) is 7.68. The third-order valence-electron chi connectivity index (χ3n) is 5.74. The summed E-state index contributed by atoms with van der Waals surface area (Å²) in [5.74, 6) is 0.222. The molecule has 0 bridgehead atoms. The molecule has 0 spiro atoms. The Morgan fingerprint density at radius 3 is 2.45 bits per heavy atom. The molecule has 2 heterocycles. The number of rotatable bonds is 2. The fourth-order valence-corrected chi connectivity index (χ4v) is 4.28. The summed E-state index contributed by atoms with van der Waals surface area (Å²) in [4.78, 5) is 38.5. The summed E-state index contributed by atoms with van der Waals surface area (Å²) in [6.07, 6.45) is 1.50. The van der Waals surface area contributed by atoms with E-state index in [0.29, 0.717) is 33.8 Å². The van der Waals surface area contributed by atoms with Crippen molar-refractivity contribution in [3.05, 3.63) is 94.8 Å². The van der Waals surface area contributed by atoms with Gasteiger partial charge in [-0.05, 0) is 25.1 Å². The van der Waals surface area contributed by atoms with Crippen LogP contribution in [0.2, 0.25) is 0 Å². The summed E-state index contributed by atoms with van der Waals surface area (Å²) in [7, 11) is 0. The van der Waals surface area contributed by atoms with Crippen molar-refractivity contribution in [3.8, 4) is 0 Å². The van der Waals surface area contributed by atoms with Crippen LogP contribution in [-0.2, 0) is 0 Å². The highest BCUT2D eigenvalue weighted by atomic mass is 16.1. The minimum atomic E-state index is -0.175. The molecule has 1 aliphatic rings. The number of anilines is 2. The highest BCUT2D eigenvalue weighted by Gasteiger charge is 2.31. The van der Waals surface area contributed by atoms with E-state index in [-0.39, 0.29) is 11.6 Å². The van der Waals surface area contributed by atoms with Gasteiger partial charge >= 0.3 is 0 Å². The largest absolute Gasteiger partial charge is 0.350 e. The van der Waals surface area contributed by atoms with Gasteiger partial charge in [0.05, 0.1) is 11.3 Å². The molecule has 0 unspecified atom stereocenters. The van der Waals surface area contributed by atoms with Crippen LogP contribution in [0.1, 0.15) is 37.4 Å². The Labute approximate surface area is 177 Å². The first-order chi connectivity index (χ1) is 15.1. The zero-order valence-corrected chi connectivity index (χ0v) is 16.6. The van der Waals surface area contributed by atoms with E-state index >= 15 is 0 Å². The number of benzene rings is 3. The Morgan fingerprint density at radius 2 is 1.61 bits per heavy atom. The van der Waals surface area contributed by atoms with Gasteiger partial charge in [0.2, 0.25) is 0 Å². The molecule has 6 heteroatoms. The number of fused-ring (bicyclic) bond motifs is 5. The highest BCUT2D eigenvalue weighted by molar-refractivity contribution is 6.30. The number of hydrogen-bond donors (Lipinski definition) is 2. The maximum atomic E-state index is 13.3. The Balaban J connectivity index is 1.52. The third-order valence-corrected chi connectivity index (χ3v) is 5.74. The Hall–Kier alpha value is -4.32. The molecule has 2 aromatic heterocycles. The SMILES string of the molecule is Cc1ccc2[nH]c3c(Nc4cccc5c4C(=O)c4ccccc4C5=O)ncnc3c2c1. The second-order valence-electron chi connectivity index (χ2n) is 7.68. The zero-order valence-electron chi connectivity index (χ0n) is 16.6. The van der Waals surface area contributed by atoms with Gasteiger partial charge in [-0.2, -0.15) is 0 Å². The summed E-state index contributed by atoms with van der Waals surface area (Å²) in [6.45, 7) is 2.04. The van der Waals surface area contributed by atoms with E-state index < -0.39 is 0 Å². The number of ketones is 2. The van der Waals surface area contributed by atoms with Gasteiger partial charge in [0, 0.05) is 27.6 Å². The number of H-pyrrole nitrogens is 1. The molecule has 5 aromatic rings. The van der Waals surface area contributed by atoms with E-state index in [0.717, 1.165) is 27.5 Å². The van der Waals surface area contributed by atoms with Crippen molar-refractivity contribution in [2.24, 2.45) is 0 Å². The van der Waals surface area contributed by atoms with Gasteiger partial charge in [-0.25, -0.2) is 9.97 Å². The molecule has 1 aliphatic carbocycles. The van der Waals surface area contributed by atoms with Crippen molar-refractivity contribution in [1.82, 2.24) is 15.0 Å². The molecular formula is C25H16N4O2. The summed E-state index contributed by atoms with van der Waals surface area (Å²) >= 11 is 0. The Kier molecular flexibility index (Phi) is 3.58. The van der Waals surface area contributed by atoms with Crippen molar-refractivity contribution < 1.29 is 9.59 Å². The van der Waals surface area contributed by atoms with Crippen LogP contribution in [0.3, 0.4) is 0 Å². The standard InChI is InChI=1S/C25H16N4O2/c1-13-9-10-18-17(11-13)21-22(28-18)25(27-12-26-21)29-19-8-4-7-16-20(19)24(31)15-6-3-2-5-14(15)23(16)30/h2-12,28H,1H3,(H,26,27,29). The molecule has 2 N–H and O–H groups in total. The maximum absolute atomic E-state index is 13.3. The minimum Gasteiger partial charge on any atom is -0.350 e. The van der Waals surface area contributed by atoms with Gasteiger partial charge in [0.1, 0.15) is 17.4 Å². The molecule has 0 fully saturated rings. The van der Waals surface area contributed by atoms with Gasteiger partial charge in [-0.3, -0.25) is 9.59 Å². The molecule has 0 aliphatic heterocycles. The number of aromatic nitrogens is 3. The van der Waals surface area contributed by atoms with E-state index in [4.69, 9.17) is 0 Å². The Morgan fingerprint density at radius 1 is 0.839 bits per heavy atom. The van der Waals surface area contributed by atoms with Crippen LogP contribution >= 0.6 is 0 Å². The molecule has 0 radical (unpaired) electrons. The maximum Gasteiger partial charge on any atom is 0.196 e. The van der Waals surface area contributed by atoms with E-state index in [1.165, 1.54) is 6.33 Å². The summed E-state index contributed by atoms with van der Waals surface area (Å²) < 4.78 is 0. The molecule has 0 atom stereocenters. The molecule has 0 saturated carbocycles. The Bertz CT molecular complexity index is 1570. The van der Waals surface area contributed by atoms with Gasteiger partial charge in [-0.15, -0.1) is 0 Å². The van der Waals surface area contributed by atoms with Gasteiger partial charge in [-0.1, -0.05) is 48.0 Å². The number of nitrogens with zero attached hydrogens (tertiary/aromatic N) is 2. The smallest absolute Gasteiger partial charge is 0.196 e. The fourth-order valence-electron chi connectivity index (χ4n) is 4.28. The molecular weight excluding hydrogens is 388 g/mol. The van der Waals surface area contributed by atoms with Crippen LogP contribution in [0, 0.1) is 6.92 Å². The van der Waals surface area contributed by atoms with Crippen molar-refractivity contribution in [1.29, 1.82) is 0 Å². The number of nitrogens with one attached hydrogen (secondary N) is 2. The first-order valence-electron chi connectivity index (χ1n) is 9.93. The zero-order chi connectivity index (χ0) is 21.1. The van der Waals surface area contributed by atoms with Crippen molar-refractivity contribution in [3.63, 3.8) is 0 Å². The lowest BCUT2D eigenvalue weighted by atomic mass is 9.83. The van der Waals surface area contributed by atoms with Crippen LogP contribution in [0.15, 0.2) is 67.0 Å². The number of hydrogen-bond acceptors (Lipinski definition) is 5. The normalized spacial score (nSPS) is 12.8. The quantitative estimate of drug-likeness (QED) is 0.427. The first-order valence-corrected chi connectivity index (χ1v) is 9.93. The van der Waals surface area contributed by atoms with E-state index in [1.54, 1.807) is 42.5 Å². The van der Waals surface area contributed by atoms with Gasteiger partial charge < -0.3 is 10.3 Å². The molecule has 0 saturated heterocycles. The van der Waals surface area contributed by atoms with E-state index in [9.17, 15) is 9.59 Å². The lowest BCUT2D eigenvalue weighted by Crippen LogP contribution is -2.22. The molecule has 31 heavy (non-hydrogen) atoms. The van der Waals surface area contributed by atoms with E-state index in [1.807, 2.05) is 19.1 Å².